The molecule has 1 aromatic carbocycles. The van der Waals surface area contributed by atoms with Crippen LogP contribution in [0.25, 0.3) is 0 Å². The molecular weight excluding hydrogens is 286 g/mol. The van der Waals surface area contributed by atoms with Gasteiger partial charge in [0.25, 0.3) is 0 Å². The molecule has 0 amide bonds. The standard InChI is InChI=1S/C13H16ClNO3S/c14-11-3-7-13(8-4-11)19(17,18)15-9-10-1-5-12(16)6-2-10/h3-4,7-8,10,15H,1-2,5-6,9H2. The van der Waals surface area contributed by atoms with E-state index in [2.05, 4.69) is 4.72 Å². The van der Waals surface area contributed by atoms with Crippen LogP contribution in [0.4, 0.5) is 0 Å². The number of ketones is 1. The predicted octanol–water partition coefficient (Wildman–Crippen LogP) is 2.38. The lowest BCUT2D eigenvalue weighted by atomic mass is 9.89. The fourth-order valence-electron chi connectivity index (χ4n) is 2.13. The number of carbonyl (C=O) groups excluding carboxylic acids is 1. The fourth-order valence-corrected chi connectivity index (χ4v) is 3.37. The second kappa shape index (κ2) is 6.03. The highest BCUT2D eigenvalue weighted by atomic mass is 35.5. The van der Waals surface area contributed by atoms with Gasteiger partial charge in [-0.2, -0.15) is 0 Å². The van der Waals surface area contributed by atoms with Gasteiger partial charge in [0.15, 0.2) is 0 Å². The van der Waals surface area contributed by atoms with E-state index in [0.717, 1.165) is 12.8 Å². The van der Waals surface area contributed by atoms with Gasteiger partial charge in [-0.15, -0.1) is 0 Å². The van der Waals surface area contributed by atoms with E-state index in [4.69, 9.17) is 11.6 Å². The van der Waals surface area contributed by atoms with E-state index in [1.807, 2.05) is 0 Å². The number of hydrogen-bond acceptors (Lipinski definition) is 3. The van der Waals surface area contributed by atoms with E-state index in [0.29, 0.717) is 24.4 Å². The van der Waals surface area contributed by atoms with Gasteiger partial charge in [0.05, 0.1) is 4.90 Å². The lowest BCUT2D eigenvalue weighted by Gasteiger charge is -2.21. The van der Waals surface area contributed by atoms with Crippen LogP contribution in [0.2, 0.25) is 5.02 Å². The highest BCUT2D eigenvalue weighted by molar-refractivity contribution is 7.89. The van der Waals surface area contributed by atoms with Gasteiger partial charge in [-0.05, 0) is 43.0 Å². The van der Waals surface area contributed by atoms with Crippen LogP contribution in [0.3, 0.4) is 0 Å². The van der Waals surface area contributed by atoms with Crippen LogP contribution in [0.1, 0.15) is 25.7 Å². The highest BCUT2D eigenvalue weighted by Crippen LogP contribution is 2.21. The van der Waals surface area contributed by atoms with Crippen LogP contribution in [-0.2, 0) is 14.8 Å². The summed E-state index contributed by atoms with van der Waals surface area (Å²) < 4.78 is 26.7. The van der Waals surface area contributed by atoms with E-state index < -0.39 is 10.0 Å². The third kappa shape index (κ3) is 4.03. The minimum Gasteiger partial charge on any atom is -0.300 e. The third-order valence-electron chi connectivity index (χ3n) is 3.35. The zero-order valence-corrected chi connectivity index (χ0v) is 12.0. The molecule has 6 heteroatoms. The summed E-state index contributed by atoms with van der Waals surface area (Å²) in [6.07, 6.45) is 2.66. The first-order valence-electron chi connectivity index (χ1n) is 6.24. The Balaban J connectivity index is 1.94. The molecule has 104 valence electrons. The van der Waals surface area contributed by atoms with Crippen molar-refractivity contribution in [3.63, 3.8) is 0 Å². The Bertz CT molecular complexity index is 544. The third-order valence-corrected chi connectivity index (χ3v) is 5.04. The Morgan fingerprint density at radius 1 is 1.16 bits per heavy atom. The maximum Gasteiger partial charge on any atom is 0.240 e. The molecule has 2 rings (SSSR count). The SMILES string of the molecule is O=C1CCC(CNS(=O)(=O)c2ccc(Cl)cc2)CC1. The molecule has 1 aliphatic carbocycles. The first-order valence-corrected chi connectivity index (χ1v) is 8.10. The van der Waals surface area contributed by atoms with Crippen molar-refractivity contribution in [1.29, 1.82) is 0 Å². The van der Waals surface area contributed by atoms with Crippen LogP contribution < -0.4 is 4.72 Å². The molecule has 19 heavy (non-hydrogen) atoms. The largest absolute Gasteiger partial charge is 0.300 e. The van der Waals surface area contributed by atoms with Crippen LogP contribution >= 0.6 is 11.6 Å². The first-order chi connectivity index (χ1) is 8.97. The van der Waals surface area contributed by atoms with E-state index in [-0.39, 0.29) is 16.6 Å². The normalized spacial score (nSPS) is 17.6. The van der Waals surface area contributed by atoms with Crippen molar-refractivity contribution in [1.82, 2.24) is 4.72 Å². The average Bonchev–Trinajstić information content (AvgIpc) is 2.39. The van der Waals surface area contributed by atoms with E-state index in [1.165, 1.54) is 12.1 Å². The van der Waals surface area contributed by atoms with Crippen LogP contribution in [0.15, 0.2) is 29.2 Å². The molecular formula is C13H16ClNO3S. The topological polar surface area (TPSA) is 63.2 Å². The first kappa shape index (κ1) is 14.5. The maximum atomic E-state index is 12.0. The number of hydrogen-bond donors (Lipinski definition) is 1. The molecule has 1 saturated carbocycles. The highest BCUT2D eigenvalue weighted by Gasteiger charge is 2.21. The van der Waals surface area contributed by atoms with Gasteiger partial charge in [0.2, 0.25) is 10.0 Å². The van der Waals surface area contributed by atoms with Crippen molar-refractivity contribution in [2.75, 3.05) is 6.54 Å². The van der Waals surface area contributed by atoms with Gasteiger partial charge in [-0.3, -0.25) is 4.79 Å². The molecule has 4 nitrogen and oxygen atoms in total. The number of rotatable bonds is 4. The van der Waals surface area contributed by atoms with Crippen molar-refractivity contribution in [2.24, 2.45) is 5.92 Å². The molecule has 0 saturated heterocycles. The Morgan fingerprint density at radius 2 is 1.74 bits per heavy atom. The van der Waals surface area contributed by atoms with Crippen LogP contribution in [0, 0.1) is 5.92 Å². The summed E-state index contributed by atoms with van der Waals surface area (Å²) in [7, 11) is -3.48. The molecule has 0 aromatic heterocycles. The van der Waals surface area contributed by atoms with Crippen molar-refractivity contribution in [3.05, 3.63) is 29.3 Å². The van der Waals surface area contributed by atoms with Gasteiger partial charge in [-0.1, -0.05) is 11.6 Å². The quantitative estimate of drug-likeness (QED) is 0.928. The molecule has 0 aliphatic heterocycles. The summed E-state index contributed by atoms with van der Waals surface area (Å²) in [5.74, 6) is 0.525. The van der Waals surface area contributed by atoms with Crippen molar-refractivity contribution < 1.29 is 13.2 Å². The van der Waals surface area contributed by atoms with Gasteiger partial charge in [0, 0.05) is 24.4 Å². The maximum absolute atomic E-state index is 12.0. The van der Waals surface area contributed by atoms with Crippen LogP contribution in [0.5, 0.6) is 0 Å². The summed E-state index contributed by atoms with van der Waals surface area (Å²) in [6, 6.07) is 6.06. The van der Waals surface area contributed by atoms with Crippen LogP contribution in [-0.4, -0.2) is 20.7 Å². The van der Waals surface area contributed by atoms with E-state index >= 15 is 0 Å². The number of carbonyl (C=O) groups is 1. The number of Topliss-reactive ketones (excluding diaryl/α,β-unsaturated/α-hetero) is 1. The molecule has 1 fully saturated rings. The predicted molar refractivity (Wildman–Crippen MR) is 73.6 cm³/mol. The van der Waals surface area contributed by atoms with Gasteiger partial charge >= 0.3 is 0 Å². The number of benzene rings is 1. The van der Waals surface area contributed by atoms with Crippen molar-refractivity contribution in [3.8, 4) is 0 Å². The van der Waals surface area contributed by atoms with Crippen molar-refractivity contribution in [2.45, 2.75) is 30.6 Å². The summed E-state index contributed by atoms with van der Waals surface area (Å²) >= 11 is 5.73. The summed E-state index contributed by atoms with van der Waals surface area (Å²) in [6.45, 7) is 0.387. The zero-order chi connectivity index (χ0) is 13.9. The molecule has 0 atom stereocenters. The average molecular weight is 302 g/mol. The fraction of sp³-hybridized carbons (Fsp3) is 0.462. The van der Waals surface area contributed by atoms with E-state index in [1.54, 1.807) is 12.1 Å². The summed E-state index contributed by atoms with van der Waals surface area (Å²) in [5.41, 5.74) is 0. The summed E-state index contributed by atoms with van der Waals surface area (Å²) in [4.78, 5) is 11.3. The second-order valence-corrected chi connectivity index (χ2v) is 6.99. The Hall–Kier alpha value is -0.910. The lowest BCUT2D eigenvalue weighted by Crippen LogP contribution is -2.31. The Labute approximate surface area is 118 Å². The molecule has 0 spiro atoms. The van der Waals surface area contributed by atoms with Gasteiger partial charge in [0.1, 0.15) is 5.78 Å². The monoisotopic (exact) mass is 301 g/mol. The van der Waals surface area contributed by atoms with E-state index in [9.17, 15) is 13.2 Å². The Kier molecular flexibility index (Phi) is 4.60. The lowest BCUT2D eigenvalue weighted by molar-refractivity contribution is -0.120. The smallest absolute Gasteiger partial charge is 0.240 e. The minimum atomic E-state index is -3.48. The zero-order valence-electron chi connectivity index (χ0n) is 10.4. The molecule has 0 heterocycles. The van der Waals surface area contributed by atoms with Gasteiger partial charge in [-0.25, -0.2) is 13.1 Å². The number of sulfonamides is 1. The van der Waals surface area contributed by atoms with Crippen molar-refractivity contribution >= 4 is 27.4 Å². The number of nitrogens with one attached hydrogen (secondary N) is 1. The molecule has 0 unspecified atom stereocenters. The Morgan fingerprint density at radius 3 is 2.32 bits per heavy atom. The van der Waals surface area contributed by atoms with Gasteiger partial charge < -0.3 is 0 Å². The molecule has 0 radical (unpaired) electrons. The summed E-state index contributed by atoms with van der Waals surface area (Å²) in [5, 5.41) is 0.504. The molecule has 1 aliphatic rings. The molecule has 1 N–H and O–H groups in total. The molecule has 0 bridgehead atoms. The molecule has 1 aromatic rings. The number of halogens is 1. The second-order valence-electron chi connectivity index (χ2n) is 4.79. The minimum absolute atomic E-state index is 0.212.